The minimum atomic E-state index is -0.531. The number of piperidine rings is 1. The third kappa shape index (κ3) is 4.18. The van der Waals surface area contributed by atoms with E-state index < -0.39 is 5.60 Å². The van der Waals surface area contributed by atoms with E-state index in [1.165, 1.54) is 0 Å². The molecule has 5 heteroatoms. The van der Waals surface area contributed by atoms with Gasteiger partial charge in [-0.15, -0.1) is 0 Å². The normalized spacial score (nSPS) is 21.9. The van der Waals surface area contributed by atoms with E-state index in [9.17, 15) is 9.59 Å². The summed E-state index contributed by atoms with van der Waals surface area (Å²) in [5.41, 5.74) is 0.604. The van der Waals surface area contributed by atoms with E-state index in [1.54, 1.807) is 11.0 Å². The molecule has 2 unspecified atom stereocenters. The zero-order valence-electron chi connectivity index (χ0n) is 13.3. The molecule has 1 fully saturated rings. The first-order valence-electron chi connectivity index (χ1n) is 7.50. The maximum Gasteiger partial charge on any atom is 0.410 e. The fraction of sp³-hybridized carbons (Fsp3) is 0.529. The Labute approximate surface area is 131 Å². The second-order valence-electron chi connectivity index (χ2n) is 6.52. The largest absolute Gasteiger partial charge is 0.444 e. The van der Waals surface area contributed by atoms with Crippen molar-refractivity contribution >= 4 is 12.2 Å². The minimum absolute atomic E-state index is 0.126. The molecule has 118 valence electrons. The fourth-order valence-electron chi connectivity index (χ4n) is 2.71. The van der Waals surface area contributed by atoms with Gasteiger partial charge < -0.3 is 9.64 Å². The summed E-state index contributed by atoms with van der Waals surface area (Å²) in [6.45, 7) is 6.48. The molecule has 1 heterocycles. The van der Waals surface area contributed by atoms with Crippen LogP contribution in [0.15, 0.2) is 35.3 Å². The van der Waals surface area contributed by atoms with Crippen molar-refractivity contribution in [2.75, 3.05) is 13.1 Å². The molecule has 1 aromatic rings. The van der Waals surface area contributed by atoms with E-state index in [4.69, 9.17) is 4.74 Å². The average molecular weight is 302 g/mol. The summed E-state index contributed by atoms with van der Waals surface area (Å²) in [5.74, 6) is 0.126. The van der Waals surface area contributed by atoms with Crippen LogP contribution in [0.2, 0.25) is 0 Å². The lowest BCUT2D eigenvalue weighted by Crippen LogP contribution is -2.46. The molecular formula is C17H22N2O3. The average Bonchev–Trinajstić information content (AvgIpc) is 2.47. The second-order valence-corrected chi connectivity index (χ2v) is 6.52. The Hall–Kier alpha value is -2.13. The van der Waals surface area contributed by atoms with Crippen molar-refractivity contribution in [2.24, 2.45) is 4.99 Å². The molecule has 0 aliphatic carbocycles. The molecule has 0 aromatic heterocycles. The Morgan fingerprint density at radius 3 is 2.59 bits per heavy atom. The number of hydrogen-bond acceptors (Lipinski definition) is 4. The number of carbonyl (C=O) groups excluding carboxylic acids is 2. The minimum Gasteiger partial charge on any atom is -0.444 e. The zero-order chi connectivity index (χ0) is 16.2. The lowest BCUT2D eigenvalue weighted by Gasteiger charge is -2.36. The van der Waals surface area contributed by atoms with Gasteiger partial charge in [0, 0.05) is 19.0 Å². The lowest BCUT2D eigenvalue weighted by atomic mass is 9.86. The monoisotopic (exact) mass is 302 g/mol. The van der Waals surface area contributed by atoms with E-state index in [-0.39, 0.29) is 18.1 Å². The van der Waals surface area contributed by atoms with Gasteiger partial charge in [0.25, 0.3) is 0 Å². The Balaban J connectivity index is 2.11. The van der Waals surface area contributed by atoms with E-state index in [0.717, 1.165) is 12.0 Å². The van der Waals surface area contributed by atoms with Crippen LogP contribution in [0.4, 0.5) is 4.79 Å². The van der Waals surface area contributed by atoms with Crippen molar-refractivity contribution in [1.82, 2.24) is 4.90 Å². The second kappa shape index (κ2) is 6.75. The van der Waals surface area contributed by atoms with Gasteiger partial charge in [0.2, 0.25) is 6.08 Å². The Morgan fingerprint density at radius 2 is 2.00 bits per heavy atom. The molecule has 0 saturated carbocycles. The van der Waals surface area contributed by atoms with Crippen LogP contribution < -0.4 is 0 Å². The van der Waals surface area contributed by atoms with Gasteiger partial charge in [0.05, 0.1) is 6.04 Å². The highest BCUT2D eigenvalue weighted by molar-refractivity contribution is 5.68. The van der Waals surface area contributed by atoms with Crippen LogP contribution in [-0.2, 0) is 9.53 Å². The van der Waals surface area contributed by atoms with Gasteiger partial charge >= 0.3 is 6.09 Å². The molecule has 2 rings (SSSR count). The summed E-state index contributed by atoms with van der Waals surface area (Å²) in [6, 6.07) is 9.68. The molecule has 1 aliphatic heterocycles. The van der Waals surface area contributed by atoms with Crippen LogP contribution in [0, 0.1) is 0 Å². The van der Waals surface area contributed by atoms with Gasteiger partial charge in [0.15, 0.2) is 0 Å². The van der Waals surface area contributed by atoms with E-state index in [0.29, 0.717) is 13.1 Å². The van der Waals surface area contributed by atoms with Gasteiger partial charge in [-0.3, -0.25) is 0 Å². The molecule has 5 nitrogen and oxygen atoms in total. The van der Waals surface area contributed by atoms with E-state index >= 15 is 0 Å². The highest BCUT2D eigenvalue weighted by Gasteiger charge is 2.34. The lowest BCUT2D eigenvalue weighted by molar-refractivity contribution is 0.0187. The first kappa shape index (κ1) is 16.2. The van der Waals surface area contributed by atoms with Crippen molar-refractivity contribution in [2.45, 2.75) is 44.8 Å². The van der Waals surface area contributed by atoms with Gasteiger partial charge in [-0.05, 0) is 32.8 Å². The number of hydrogen-bond donors (Lipinski definition) is 0. The number of aliphatic imine (C=N–C) groups is 1. The summed E-state index contributed by atoms with van der Waals surface area (Å²) in [6.07, 6.45) is 2.03. The molecular weight excluding hydrogens is 280 g/mol. The van der Waals surface area contributed by atoms with Crippen molar-refractivity contribution in [3.8, 4) is 0 Å². The number of ether oxygens (including phenoxy) is 1. The quantitative estimate of drug-likeness (QED) is 0.623. The van der Waals surface area contributed by atoms with Crippen LogP contribution in [0.25, 0.3) is 0 Å². The fourth-order valence-corrected chi connectivity index (χ4v) is 2.71. The van der Waals surface area contributed by atoms with Crippen molar-refractivity contribution in [1.29, 1.82) is 0 Å². The highest BCUT2D eigenvalue weighted by atomic mass is 16.6. The predicted molar refractivity (Wildman–Crippen MR) is 83.5 cm³/mol. The van der Waals surface area contributed by atoms with Gasteiger partial charge in [-0.1, -0.05) is 30.3 Å². The van der Waals surface area contributed by atoms with Crippen LogP contribution in [0.5, 0.6) is 0 Å². The maximum atomic E-state index is 12.2. The topological polar surface area (TPSA) is 59.0 Å². The number of amides is 1. The maximum absolute atomic E-state index is 12.2. The van der Waals surface area contributed by atoms with Crippen LogP contribution >= 0.6 is 0 Å². The predicted octanol–water partition coefficient (Wildman–Crippen LogP) is 3.12. The first-order chi connectivity index (χ1) is 10.4. The summed E-state index contributed by atoms with van der Waals surface area (Å²) >= 11 is 0. The van der Waals surface area contributed by atoms with Crippen molar-refractivity contribution in [3.05, 3.63) is 35.9 Å². The summed E-state index contributed by atoms with van der Waals surface area (Å²) in [5, 5.41) is 0. The van der Waals surface area contributed by atoms with E-state index in [2.05, 4.69) is 4.99 Å². The Morgan fingerprint density at radius 1 is 1.32 bits per heavy atom. The number of nitrogens with zero attached hydrogens (tertiary/aromatic N) is 2. The van der Waals surface area contributed by atoms with Crippen LogP contribution in [0.3, 0.4) is 0 Å². The Kier molecular flexibility index (Phi) is 4.99. The van der Waals surface area contributed by atoms with Crippen molar-refractivity contribution < 1.29 is 14.3 Å². The molecule has 0 N–H and O–H groups in total. The van der Waals surface area contributed by atoms with Gasteiger partial charge in [-0.2, -0.15) is 0 Å². The number of benzene rings is 1. The van der Waals surface area contributed by atoms with Gasteiger partial charge in [-0.25, -0.2) is 14.6 Å². The molecule has 0 spiro atoms. The first-order valence-corrected chi connectivity index (χ1v) is 7.50. The number of carbonyl (C=O) groups is 1. The number of likely N-dealkylation sites (tertiary alicyclic amines) is 1. The molecule has 1 aliphatic rings. The summed E-state index contributed by atoms with van der Waals surface area (Å²) in [7, 11) is 0. The third-order valence-electron chi connectivity index (χ3n) is 3.68. The molecule has 1 saturated heterocycles. The molecule has 22 heavy (non-hydrogen) atoms. The number of rotatable bonds is 2. The SMILES string of the molecule is CC(C)(C)OC(=O)N1CCC(c2ccccc2)C(N=C=O)C1. The molecule has 0 radical (unpaired) electrons. The smallest absolute Gasteiger partial charge is 0.410 e. The van der Waals surface area contributed by atoms with Crippen LogP contribution in [0.1, 0.15) is 38.7 Å². The summed E-state index contributed by atoms with van der Waals surface area (Å²) in [4.78, 5) is 28.4. The summed E-state index contributed by atoms with van der Waals surface area (Å²) < 4.78 is 5.39. The van der Waals surface area contributed by atoms with Crippen molar-refractivity contribution in [3.63, 3.8) is 0 Å². The number of isocyanates is 1. The standard InChI is InChI=1S/C17H22N2O3/c1-17(2,3)22-16(21)19-10-9-14(15(11-19)18-12-20)13-7-5-4-6-8-13/h4-8,14-15H,9-11H2,1-3H3. The van der Waals surface area contributed by atoms with Crippen LogP contribution in [-0.4, -0.2) is 41.8 Å². The van der Waals surface area contributed by atoms with E-state index in [1.807, 2.05) is 51.1 Å². The molecule has 1 aromatic carbocycles. The molecule has 2 atom stereocenters. The molecule has 1 amide bonds. The molecule has 0 bridgehead atoms. The third-order valence-corrected chi connectivity index (χ3v) is 3.68. The highest BCUT2D eigenvalue weighted by Crippen LogP contribution is 2.30. The zero-order valence-corrected chi connectivity index (χ0v) is 13.3. The Bertz CT molecular complexity index is 559. The van der Waals surface area contributed by atoms with Gasteiger partial charge in [0.1, 0.15) is 5.60 Å².